The lowest BCUT2D eigenvalue weighted by molar-refractivity contribution is -0.137. The number of nitrogen functional groups attached to an aromatic ring is 1. The first-order valence-electron chi connectivity index (χ1n) is 17.8. The zero-order chi connectivity index (χ0) is 38.0. The summed E-state index contributed by atoms with van der Waals surface area (Å²) in [5.74, 6) is -1.31. The zero-order valence-electron chi connectivity index (χ0n) is 29.5. The van der Waals surface area contributed by atoms with Crippen molar-refractivity contribution in [2.24, 2.45) is 5.92 Å². The fourth-order valence-electron chi connectivity index (χ4n) is 7.47. The fraction of sp³-hybridized carbons (Fsp3) is 0.514. The van der Waals surface area contributed by atoms with Crippen LogP contribution in [0.5, 0.6) is 6.01 Å². The van der Waals surface area contributed by atoms with Crippen LogP contribution in [0.3, 0.4) is 0 Å². The molecule has 8 rings (SSSR count). The van der Waals surface area contributed by atoms with Gasteiger partial charge in [-0.15, -0.1) is 11.3 Å². The number of nitrogens with two attached hydrogens (primary N) is 1. The minimum atomic E-state index is -5.00. The van der Waals surface area contributed by atoms with Crippen LogP contribution in [0.25, 0.3) is 32.1 Å². The monoisotopic (exact) mass is 761 g/mol. The van der Waals surface area contributed by atoms with Crippen molar-refractivity contribution in [1.29, 1.82) is 5.26 Å². The second-order valence-corrected chi connectivity index (χ2v) is 14.7. The molecule has 16 heteroatoms. The molecule has 9 nitrogen and oxygen atoms in total. The van der Waals surface area contributed by atoms with E-state index < -0.39 is 40.6 Å². The molecule has 1 aliphatic carbocycles. The number of halogens is 6. The SMILES string of the molecule is CCNc1nc(OC)nc2c(F)c(-c3ccc(F)c4sc(N)c(C#N)c34)c(C(F)(F)F)cc12.FC1CC2CCCN2C1.O=C(C1CCC1)N1CCCC1. The number of fused-ring (bicyclic) bond motifs is 3. The summed E-state index contributed by atoms with van der Waals surface area (Å²) in [5.41, 5.74) is 2.59. The van der Waals surface area contributed by atoms with Crippen LogP contribution in [0.1, 0.15) is 69.4 Å². The summed E-state index contributed by atoms with van der Waals surface area (Å²) in [7, 11) is 1.23. The highest BCUT2D eigenvalue weighted by atomic mass is 32.1. The summed E-state index contributed by atoms with van der Waals surface area (Å²) in [6.07, 6.45) is 3.82. The van der Waals surface area contributed by atoms with Gasteiger partial charge in [-0.1, -0.05) is 12.5 Å². The number of nitrogens with zero attached hydrogens (tertiary/aromatic N) is 5. The standard InChI is InChI=1S/C21H14F5N5OS.C9H15NO.C7H12FN/c1-3-29-19-9-6-11(21(24,25)26)14(15(23)16(9)30-20(31-19)32-2)8-4-5-12(22)17-13(8)10(7-27)18(28)33-17;11-9(8-4-3-5-8)10-6-1-2-7-10;8-6-4-7-2-1-3-9(7)5-6/h4-6H,3,28H2,1-2H3,(H,29,30,31);8H,1-7H2;6-7H,1-5H2. The van der Waals surface area contributed by atoms with E-state index >= 15 is 4.39 Å². The average Bonchev–Trinajstić information content (AvgIpc) is 3.90. The quantitative estimate of drug-likeness (QED) is 0.195. The van der Waals surface area contributed by atoms with Gasteiger partial charge in [-0.2, -0.15) is 28.4 Å². The van der Waals surface area contributed by atoms with Crippen LogP contribution in [0.4, 0.5) is 37.2 Å². The van der Waals surface area contributed by atoms with Crippen molar-refractivity contribution in [3.8, 4) is 23.2 Å². The molecule has 3 saturated heterocycles. The number of rotatable bonds is 5. The van der Waals surface area contributed by atoms with Crippen LogP contribution in [0.15, 0.2) is 18.2 Å². The maximum Gasteiger partial charge on any atom is 0.417 e. The third kappa shape index (κ3) is 7.82. The smallest absolute Gasteiger partial charge is 0.417 e. The highest BCUT2D eigenvalue weighted by Crippen LogP contribution is 2.47. The van der Waals surface area contributed by atoms with E-state index in [1.54, 1.807) is 13.0 Å². The zero-order valence-corrected chi connectivity index (χ0v) is 30.3. The number of ether oxygens (including phenoxy) is 1. The van der Waals surface area contributed by atoms with E-state index in [1.807, 2.05) is 4.90 Å². The summed E-state index contributed by atoms with van der Waals surface area (Å²) in [6.45, 7) is 5.88. The molecule has 2 atom stereocenters. The number of methoxy groups -OCH3 is 1. The topological polar surface area (TPSA) is 120 Å². The molecule has 0 spiro atoms. The Labute approximate surface area is 307 Å². The molecule has 5 heterocycles. The lowest BCUT2D eigenvalue weighted by atomic mass is 9.84. The van der Waals surface area contributed by atoms with Crippen LogP contribution in [-0.2, 0) is 11.0 Å². The lowest BCUT2D eigenvalue weighted by Gasteiger charge is -2.28. The van der Waals surface area contributed by atoms with Crippen molar-refractivity contribution in [3.63, 3.8) is 0 Å². The van der Waals surface area contributed by atoms with E-state index in [0.29, 0.717) is 35.7 Å². The predicted octanol–water partition coefficient (Wildman–Crippen LogP) is 8.30. The van der Waals surface area contributed by atoms with Gasteiger partial charge < -0.3 is 20.7 Å². The molecule has 3 N–H and O–H groups in total. The Morgan fingerprint density at radius 1 is 1.11 bits per heavy atom. The van der Waals surface area contributed by atoms with Crippen LogP contribution in [-0.4, -0.2) is 77.7 Å². The number of thiophene rings is 1. The molecule has 4 aromatic rings. The van der Waals surface area contributed by atoms with E-state index in [9.17, 15) is 32.0 Å². The van der Waals surface area contributed by atoms with Gasteiger partial charge in [0.1, 0.15) is 34.4 Å². The molecule has 0 radical (unpaired) electrons. The Morgan fingerprint density at radius 3 is 2.45 bits per heavy atom. The van der Waals surface area contributed by atoms with Crippen LogP contribution in [0, 0.1) is 28.9 Å². The Bertz CT molecular complexity index is 2010. The number of amides is 1. The van der Waals surface area contributed by atoms with Crippen molar-refractivity contribution in [2.75, 3.05) is 50.9 Å². The number of hydrogen-bond donors (Lipinski definition) is 2. The normalized spacial score (nSPS) is 19.9. The van der Waals surface area contributed by atoms with E-state index in [-0.39, 0.29) is 50.0 Å². The van der Waals surface area contributed by atoms with Gasteiger partial charge >= 0.3 is 12.2 Å². The highest BCUT2D eigenvalue weighted by Gasteiger charge is 2.38. The molecule has 2 unspecified atom stereocenters. The number of likely N-dealkylation sites (tertiary alicyclic amines) is 1. The van der Waals surface area contributed by atoms with E-state index in [2.05, 4.69) is 20.2 Å². The first kappa shape index (κ1) is 38.4. The van der Waals surface area contributed by atoms with Crippen LogP contribution < -0.4 is 15.8 Å². The molecule has 53 heavy (non-hydrogen) atoms. The second-order valence-electron chi connectivity index (χ2n) is 13.6. The summed E-state index contributed by atoms with van der Waals surface area (Å²) >= 11 is 0.698. The first-order chi connectivity index (χ1) is 25.4. The Hall–Kier alpha value is -4.36. The maximum atomic E-state index is 15.9. The molecule has 4 fully saturated rings. The Kier molecular flexibility index (Phi) is 11.5. The molecular formula is C37H41F6N7O2S. The Balaban J connectivity index is 0.000000192. The Morgan fingerprint density at radius 2 is 1.85 bits per heavy atom. The maximum absolute atomic E-state index is 15.9. The molecule has 1 amide bonds. The van der Waals surface area contributed by atoms with Crippen molar-refractivity contribution < 1.29 is 35.9 Å². The van der Waals surface area contributed by atoms with E-state index in [4.69, 9.17) is 10.5 Å². The van der Waals surface area contributed by atoms with Crippen molar-refractivity contribution in [1.82, 2.24) is 19.8 Å². The van der Waals surface area contributed by atoms with E-state index in [1.165, 1.54) is 39.2 Å². The summed E-state index contributed by atoms with van der Waals surface area (Å²) < 4.78 is 90.2. The predicted molar refractivity (Wildman–Crippen MR) is 192 cm³/mol. The average molecular weight is 762 g/mol. The summed E-state index contributed by atoms with van der Waals surface area (Å²) in [4.78, 5) is 23.8. The highest BCUT2D eigenvalue weighted by molar-refractivity contribution is 7.23. The lowest BCUT2D eigenvalue weighted by Crippen LogP contribution is -2.36. The number of carbonyl (C=O) groups is 1. The number of hydrogen-bond acceptors (Lipinski definition) is 9. The first-order valence-corrected chi connectivity index (χ1v) is 18.6. The third-order valence-electron chi connectivity index (χ3n) is 10.3. The number of benzene rings is 2. The summed E-state index contributed by atoms with van der Waals surface area (Å²) in [6, 6.07) is 4.75. The number of alkyl halides is 4. The molecule has 284 valence electrons. The van der Waals surface area contributed by atoms with E-state index in [0.717, 1.165) is 57.1 Å². The number of anilines is 2. The molecule has 4 aliphatic rings. The second kappa shape index (κ2) is 15.9. The van der Waals surface area contributed by atoms with Gasteiger partial charge in [0.25, 0.3) is 0 Å². The molecule has 3 aliphatic heterocycles. The van der Waals surface area contributed by atoms with Gasteiger partial charge in [-0.25, -0.2) is 13.2 Å². The van der Waals surface area contributed by atoms with Crippen molar-refractivity contribution in [2.45, 2.75) is 76.7 Å². The number of aromatic nitrogens is 2. The summed E-state index contributed by atoms with van der Waals surface area (Å²) in [5, 5.41) is 11.8. The number of nitrogens with one attached hydrogen (secondary N) is 1. The molecule has 1 saturated carbocycles. The van der Waals surface area contributed by atoms with Gasteiger partial charge in [0.2, 0.25) is 5.91 Å². The minimum absolute atomic E-state index is 0.0444. The van der Waals surface area contributed by atoms with Gasteiger partial charge in [-0.3, -0.25) is 9.69 Å². The van der Waals surface area contributed by atoms with Crippen LogP contribution in [0.2, 0.25) is 0 Å². The largest absolute Gasteiger partial charge is 0.467 e. The number of carbonyl (C=O) groups excluding carboxylic acids is 1. The van der Waals surface area contributed by atoms with Crippen molar-refractivity contribution >= 4 is 49.1 Å². The van der Waals surface area contributed by atoms with Gasteiger partial charge in [0, 0.05) is 54.5 Å². The van der Waals surface area contributed by atoms with Gasteiger partial charge in [0.05, 0.1) is 22.9 Å². The van der Waals surface area contributed by atoms with Crippen LogP contribution >= 0.6 is 11.3 Å². The fourth-order valence-corrected chi connectivity index (χ4v) is 8.42. The number of nitriles is 1. The molecular weight excluding hydrogens is 721 g/mol. The molecule has 2 aromatic heterocycles. The minimum Gasteiger partial charge on any atom is -0.467 e. The molecule has 2 aromatic carbocycles. The van der Waals surface area contributed by atoms with Gasteiger partial charge in [-0.05, 0) is 76.1 Å². The third-order valence-corrected chi connectivity index (χ3v) is 11.3. The van der Waals surface area contributed by atoms with Gasteiger partial charge in [0.15, 0.2) is 5.82 Å². The van der Waals surface area contributed by atoms with Crippen molar-refractivity contribution in [3.05, 3.63) is 41.0 Å². The molecule has 0 bridgehead atoms.